The zero-order chi connectivity index (χ0) is 5.98. The van der Waals surface area contributed by atoms with Gasteiger partial charge in [-0.1, -0.05) is 0 Å². The fraction of sp³-hybridized carbons (Fsp3) is 0. The Kier molecular flexibility index (Phi) is 1.62. The number of rotatable bonds is 0. The van der Waals surface area contributed by atoms with Crippen molar-refractivity contribution in [3.05, 3.63) is 36.5 Å². The molecule has 0 unspecified atom stereocenters. The molecule has 0 aliphatic heterocycles. The van der Waals surface area contributed by atoms with E-state index in [-0.39, 0.29) is 0 Å². The van der Waals surface area contributed by atoms with Gasteiger partial charge in [0.05, 0.1) is 0 Å². The molecule has 8 heavy (non-hydrogen) atoms. The molecule has 1 rings (SSSR count). The van der Waals surface area contributed by atoms with E-state index < -0.39 is 0 Å². The van der Waals surface area contributed by atoms with Gasteiger partial charge in [0.15, 0.2) is 0 Å². The van der Waals surface area contributed by atoms with Gasteiger partial charge in [-0.15, -0.1) is 0 Å². The van der Waals surface area contributed by atoms with E-state index in [9.17, 15) is 0 Å². The van der Waals surface area contributed by atoms with E-state index in [0.29, 0.717) is 0 Å². The Morgan fingerprint density at radius 3 is 2.25 bits per heavy atom. The van der Waals surface area contributed by atoms with Crippen LogP contribution in [-0.4, -0.2) is 20.0 Å². The molecule has 40 valence electrons. The molecule has 0 N–H and O–H groups in total. The zero-order valence-electron chi connectivity index (χ0n) is 4.42. The van der Waals surface area contributed by atoms with Gasteiger partial charge >= 0.3 is 56.4 Å². The van der Waals surface area contributed by atoms with Crippen LogP contribution < -0.4 is 0 Å². The van der Waals surface area contributed by atoms with Gasteiger partial charge in [-0.3, -0.25) is 0 Å². The van der Waals surface area contributed by atoms with Gasteiger partial charge in [-0.25, -0.2) is 0 Å². The molecule has 1 heteroatoms. The van der Waals surface area contributed by atoms with E-state index in [0.717, 1.165) is 9.99 Å². The van der Waals surface area contributed by atoms with Crippen LogP contribution in [-0.2, 0) is 0 Å². The molecule has 0 saturated carbocycles. The quantitative estimate of drug-likeness (QED) is 0.475. The van der Waals surface area contributed by atoms with Crippen LogP contribution in [0.4, 0.5) is 0 Å². The molecule has 0 radical (unpaired) electrons. The Morgan fingerprint density at radius 1 is 1.25 bits per heavy atom. The average Bonchev–Trinajstić information content (AvgIpc) is 1.77. The molecule has 0 aromatic rings. The van der Waals surface area contributed by atoms with Gasteiger partial charge in [0.1, 0.15) is 0 Å². The van der Waals surface area contributed by atoms with E-state index in [1.54, 1.807) is 0 Å². The first-order chi connectivity index (χ1) is 3.80. The molecule has 0 aromatic carbocycles. The summed E-state index contributed by atoms with van der Waals surface area (Å²) in [6.07, 6.45) is 7.94. The van der Waals surface area contributed by atoms with Gasteiger partial charge < -0.3 is 0 Å². The molecule has 0 nitrogen and oxygen atoms in total. The van der Waals surface area contributed by atoms with Crippen molar-refractivity contribution in [3.63, 3.8) is 0 Å². The minimum atomic E-state index is 1.06. The Labute approximate surface area is 57.0 Å². The van der Waals surface area contributed by atoms with Crippen molar-refractivity contribution in [2.75, 3.05) is 0 Å². The fourth-order valence-corrected chi connectivity index (χ4v) is 0.811. The molecule has 0 aromatic heterocycles. The SMILES string of the molecule is C=C1C=CC=CC1=[Se]. The predicted molar refractivity (Wildman–Crippen MR) is 38.2 cm³/mol. The minimum absolute atomic E-state index is 1.06. The third-order valence-corrected chi connectivity index (χ3v) is 1.81. The Morgan fingerprint density at radius 2 is 1.88 bits per heavy atom. The average molecular weight is 169 g/mol. The van der Waals surface area contributed by atoms with Crippen molar-refractivity contribution in [2.45, 2.75) is 0 Å². The van der Waals surface area contributed by atoms with Crippen LogP contribution in [0.3, 0.4) is 0 Å². The van der Waals surface area contributed by atoms with E-state index in [1.165, 1.54) is 0 Å². The van der Waals surface area contributed by atoms with Gasteiger partial charge in [0.2, 0.25) is 0 Å². The van der Waals surface area contributed by atoms with Gasteiger partial charge in [-0.05, 0) is 0 Å². The topological polar surface area (TPSA) is 0 Å². The second-order valence-electron chi connectivity index (χ2n) is 1.61. The molecule has 1 aliphatic rings. The molecule has 0 fully saturated rings. The molecular formula is C7H6Se. The molecule has 0 amide bonds. The third kappa shape index (κ3) is 1.06. The predicted octanol–water partition coefficient (Wildman–Crippen LogP) is 1.01. The maximum absolute atomic E-state index is 3.79. The van der Waals surface area contributed by atoms with E-state index in [4.69, 9.17) is 0 Å². The first-order valence-electron chi connectivity index (χ1n) is 2.39. The van der Waals surface area contributed by atoms with Crippen LogP contribution in [0, 0.1) is 0 Å². The van der Waals surface area contributed by atoms with Gasteiger partial charge in [-0.2, -0.15) is 0 Å². The second-order valence-corrected chi connectivity index (χ2v) is 2.53. The Balaban J connectivity index is 2.89. The molecular weight excluding hydrogens is 163 g/mol. The summed E-state index contributed by atoms with van der Waals surface area (Å²) in [6, 6.07) is 0. The Hall–Kier alpha value is -0.391. The van der Waals surface area contributed by atoms with Crippen LogP contribution in [0.1, 0.15) is 0 Å². The van der Waals surface area contributed by atoms with Crippen LogP contribution in [0.2, 0.25) is 0 Å². The first-order valence-corrected chi connectivity index (χ1v) is 3.24. The zero-order valence-corrected chi connectivity index (χ0v) is 6.14. The van der Waals surface area contributed by atoms with Crippen molar-refractivity contribution < 1.29 is 0 Å². The Bertz CT molecular complexity index is 163. The summed E-state index contributed by atoms with van der Waals surface area (Å²) in [6.45, 7) is 3.79. The van der Waals surface area contributed by atoms with E-state index in [1.807, 2.05) is 24.3 Å². The summed E-state index contributed by atoms with van der Waals surface area (Å²) in [5, 5.41) is 0. The van der Waals surface area contributed by atoms with Crippen molar-refractivity contribution in [2.24, 2.45) is 0 Å². The second kappa shape index (κ2) is 2.25. The van der Waals surface area contributed by atoms with Crippen LogP contribution in [0.25, 0.3) is 0 Å². The molecule has 0 saturated heterocycles. The number of allylic oxidation sites excluding steroid dienone is 5. The summed E-state index contributed by atoms with van der Waals surface area (Å²) in [5.74, 6) is 0. The maximum atomic E-state index is 3.79. The summed E-state index contributed by atoms with van der Waals surface area (Å²) in [7, 11) is 0. The van der Waals surface area contributed by atoms with Crippen molar-refractivity contribution in [1.82, 2.24) is 0 Å². The number of hydrogen-bond acceptors (Lipinski definition) is 0. The first kappa shape index (κ1) is 5.74. The summed E-state index contributed by atoms with van der Waals surface area (Å²) in [5.41, 5.74) is 1.06. The van der Waals surface area contributed by atoms with Crippen molar-refractivity contribution in [1.29, 1.82) is 0 Å². The van der Waals surface area contributed by atoms with Gasteiger partial charge in [0.25, 0.3) is 0 Å². The van der Waals surface area contributed by atoms with Gasteiger partial charge in [0, 0.05) is 0 Å². The van der Waals surface area contributed by atoms with E-state index in [2.05, 4.69) is 22.2 Å². The molecule has 1 aliphatic carbocycles. The normalized spacial score (nSPS) is 17.5. The van der Waals surface area contributed by atoms with E-state index >= 15 is 0 Å². The summed E-state index contributed by atoms with van der Waals surface area (Å²) in [4.78, 5) is 0. The van der Waals surface area contributed by atoms with Crippen LogP contribution in [0.15, 0.2) is 36.5 Å². The summed E-state index contributed by atoms with van der Waals surface area (Å²) >= 11 is 2.91. The van der Waals surface area contributed by atoms with Crippen molar-refractivity contribution >= 4 is 20.0 Å². The summed E-state index contributed by atoms with van der Waals surface area (Å²) < 4.78 is 1.13. The molecule has 0 spiro atoms. The monoisotopic (exact) mass is 170 g/mol. The third-order valence-electron chi connectivity index (χ3n) is 0.973. The fourth-order valence-electron chi connectivity index (χ4n) is 0.504. The van der Waals surface area contributed by atoms with Crippen LogP contribution >= 0.6 is 0 Å². The van der Waals surface area contributed by atoms with Crippen LogP contribution in [0.5, 0.6) is 0 Å². The molecule has 0 heterocycles. The van der Waals surface area contributed by atoms with Crippen molar-refractivity contribution in [3.8, 4) is 0 Å². The standard InChI is InChI=1S/C7H6Se/c1-6-4-2-3-5-7(6)8/h2-5H,1H2. The number of hydrogen-bond donors (Lipinski definition) is 0. The molecule has 0 atom stereocenters. The molecule has 0 bridgehead atoms.